The molecule has 2 aromatic rings. The molecule has 0 atom stereocenters. The van der Waals surface area contributed by atoms with E-state index in [1.807, 2.05) is 26.0 Å². The zero-order valence-corrected chi connectivity index (χ0v) is 16.9. The highest BCUT2D eigenvalue weighted by Gasteiger charge is 2.41. The van der Waals surface area contributed by atoms with Gasteiger partial charge in [-0.05, 0) is 36.8 Å². The minimum atomic E-state index is -0.609. The van der Waals surface area contributed by atoms with Gasteiger partial charge >= 0.3 is 0 Å². The molecule has 1 aliphatic rings. The van der Waals surface area contributed by atoms with E-state index in [9.17, 15) is 9.59 Å². The number of ketones is 2. The number of para-hydroxylation sites is 1. The molecule has 1 aromatic carbocycles. The quantitative estimate of drug-likeness (QED) is 0.588. The van der Waals surface area contributed by atoms with Crippen molar-refractivity contribution >= 4 is 28.2 Å². The van der Waals surface area contributed by atoms with Gasteiger partial charge in [-0.1, -0.05) is 45.4 Å². The third kappa shape index (κ3) is 4.20. The third-order valence-corrected chi connectivity index (χ3v) is 5.49. The predicted octanol–water partition coefficient (Wildman–Crippen LogP) is 4.83. The number of H-pyrrole nitrogens is 1. The normalized spacial score (nSPS) is 18.4. The maximum atomic E-state index is 12.7. The standard InChI is InChI=1S/C23H30N2O2/c1-5-8-19(22-20(26)13-23(3,4)14-21(22)27)24-12-11-16-15(2)25-18-10-7-6-9-17(16)18/h6-7,9-10,22,25H,5,8,11-14H2,1-4H3. The molecular weight excluding hydrogens is 336 g/mol. The van der Waals surface area contributed by atoms with Crippen LogP contribution in [0.5, 0.6) is 0 Å². The monoisotopic (exact) mass is 366 g/mol. The number of aromatic amines is 1. The number of Topliss-reactive ketones (excluding diaryl/α,β-unsaturated/α-hetero) is 2. The van der Waals surface area contributed by atoms with Crippen LogP contribution in [0.25, 0.3) is 10.9 Å². The Morgan fingerprint density at radius 2 is 1.85 bits per heavy atom. The fourth-order valence-electron chi connectivity index (χ4n) is 4.30. The first-order chi connectivity index (χ1) is 12.8. The van der Waals surface area contributed by atoms with Gasteiger partial charge in [0.15, 0.2) is 0 Å². The summed E-state index contributed by atoms with van der Waals surface area (Å²) in [6.07, 6.45) is 3.35. The highest BCUT2D eigenvalue weighted by molar-refractivity contribution is 6.22. The largest absolute Gasteiger partial charge is 0.358 e. The summed E-state index contributed by atoms with van der Waals surface area (Å²) < 4.78 is 0. The summed E-state index contributed by atoms with van der Waals surface area (Å²) in [4.78, 5) is 33.5. The van der Waals surface area contributed by atoms with Crippen LogP contribution in [0.1, 0.15) is 57.7 Å². The van der Waals surface area contributed by atoms with Crippen LogP contribution in [-0.2, 0) is 16.0 Å². The van der Waals surface area contributed by atoms with Gasteiger partial charge in [-0.2, -0.15) is 0 Å². The van der Waals surface area contributed by atoms with Crippen molar-refractivity contribution in [3.63, 3.8) is 0 Å². The Morgan fingerprint density at radius 3 is 2.52 bits per heavy atom. The number of hydrogen-bond donors (Lipinski definition) is 1. The highest BCUT2D eigenvalue weighted by atomic mass is 16.2. The molecule has 1 fully saturated rings. The van der Waals surface area contributed by atoms with Crippen LogP contribution >= 0.6 is 0 Å². The predicted molar refractivity (Wildman–Crippen MR) is 110 cm³/mol. The molecule has 144 valence electrons. The summed E-state index contributed by atoms with van der Waals surface area (Å²) in [6, 6.07) is 8.28. The summed E-state index contributed by atoms with van der Waals surface area (Å²) in [6.45, 7) is 8.76. The van der Waals surface area contributed by atoms with Crippen LogP contribution in [0.2, 0.25) is 0 Å². The molecule has 1 saturated carbocycles. The molecule has 4 nitrogen and oxygen atoms in total. The molecule has 4 heteroatoms. The number of aliphatic imine (C=N–C) groups is 1. The molecule has 0 spiro atoms. The van der Waals surface area contributed by atoms with E-state index in [1.54, 1.807) is 0 Å². The zero-order valence-electron chi connectivity index (χ0n) is 16.9. The second kappa shape index (κ2) is 7.79. The van der Waals surface area contributed by atoms with Crippen LogP contribution in [0.3, 0.4) is 0 Å². The van der Waals surface area contributed by atoms with Crippen molar-refractivity contribution in [1.82, 2.24) is 4.98 Å². The summed E-state index contributed by atoms with van der Waals surface area (Å²) in [5, 5.41) is 1.23. The molecule has 27 heavy (non-hydrogen) atoms. The SMILES string of the molecule is CCCC(=NCCc1c(C)[nH]c2ccccc12)C1C(=O)CC(C)(C)CC1=O. The van der Waals surface area contributed by atoms with E-state index in [1.165, 1.54) is 10.9 Å². The molecule has 0 aliphatic heterocycles. The molecule has 3 rings (SSSR count). The second-order valence-electron chi connectivity index (χ2n) is 8.53. The van der Waals surface area contributed by atoms with Crippen molar-refractivity contribution in [2.24, 2.45) is 16.3 Å². The first-order valence-electron chi connectivity index (χ1n) is 9.97. The van der Waals surface area contributed by atoms with Crippen molar-refractivity contribution in [3.8, 4) is 0 Å². The number of carbonyl (C=O) groups is 2. The van der Waals surface area contributed by atoms with Crippen molar-refractivity contribution in [3.05, 3.63) is 35.5 Å². The Hall–Kier alpha value is -2.23. The molecule has 0 amide bonds. The molecule has 1 aliphatic carbocycles. The van der Waals surface area contributed by atoms with Crippen LogP contribution in [0, 0.1) is 18.3 Å². The summed E-state index contributed by atoms with van der Waals surface area (Å²) in [5.41, 5.74) is 4.15. The number of aromatic nitrogens is 1. The number of rotatable bonds is 6. The van der Waals surface area contributed by atoms with Crippen LogP contribution in [-0.4, -0.2) is 28.8 Å². The highest BCUT2D eigenvalue weighted by Crippen LogP contribution is 2.35. The van der Waals surface area contributed by atoms with E-state index in [0.29, 0.717) is 19.4 Å². The van der Waals surface area contributed by atoms with Gasteiger partial charge < -0.3 is 4.98 Å². The average molecular weight is 367 g/mol. The Balaban J connectivity index is 1.79. The number of fused-ring (bicyclic) bond motifs is 1. The van der Waals surface area contributed by atoms with E-state index >= 15 is 0 Å². The van der Waals surface area contributed by atoms with E-state index in [2.05, 4.69) is 31.0 Å². The van der Waals surface area contributed by atoms with Gasteiger partial charge in [0.1, 0.15) is 17.5 Å². The molecule has 0 bridgehead atoms. The van der Waals surface area contributed by atoms with Crippen molar-refractivity contribution < 1.29 is 9.59 Å². The summed E-state index contributed by atoms with van der Waals surface area (Å²) in [5.74, 6) is -0.513. The lowest BCUT2D eigenvalue weighted by Gasteiger charge is -2.32. The van der Waals surface area contributed by atoms with Gasteiger partial charge in [0.2, 0.25) is 0 Å². The Kier molecular flexibility index (Phi) is 5.64. The first-order valence-corrected chi connectivity index (χ1v) is 9.97. The van der Waals surface area contributed by atoms with E-state index in [0.717, 1.165) is 36.2 Å². The maximum Gasteiger partial charge on any atom is 0.149 e. The molecule has 0 saturated heterocycles. The zero-order chi connectivity index (χ0) is 19.6. The lowest BCUT2D eigenvalue weighted by atomic mass is 9.70. The number of benzene rings is 1. The molecule has 1 N–H and O–H groups in total. The minimum absolute atomic E-state index is 0.0479. The Labute approximate surface area is 161 Å². The smallest absolute Gasteiger partial charge is 0.149 e. The topological polar surface area (TPSA) is 62.3 Å². The van der Waals surface area contributed by atoms with Crippen LogP contribution in [0.4, 0.5) is 0 Å². The van der Waals surface area contributed by atoms with Crippen LogP contribution < -0.4 is 0 Å². The van der Waals surface area contributed by atoms with Gasteiger partial charge in [0.25, 0.3) is 0 Å². The van der Waals surface area contributed by atoms with Gasteiger partial charge in [-0.15, -0.1) is 0 Å². The number of nitrogens with zero attached hydrogens (tertiary/aromatic N) is 1. The maximum absolute atomic E-state index is 12.7. The lowest BCUT2D eigenvalue weighted by molar-refractivity contribution is -0.136. The summed E-state index contributed by atoms with van der Waals surface area (Å²) >= 11 is 0. The van der Waals surface area contributed by atoms with Gasteiger partial charge in [-0.3, -0.25) is 14.6 Å². The summed E-state index contributed by atoms with van der Waals surface area (Å²) in [7, 11) is 0. The number of nitrogens with one attached hydrogen (secondary N) is 1. The van der Waals surface area contributed by atoms with Crippen molar-refractivity contribution in [1.29, 1.82) is 0 Å². The molecule has 0 radical (unpaired) electrons. The lowest BCUT2D eigenvalue weighted by Crippen LogP contribution is -2.42. The average Bonchev–Trinajstić information content (AvgIpc) is 2.89. The van der Waals surface area contributed by atoms with E-state index in [-0.39, 0.29) is 17.0 Å². The number of carbonyl (C=O) groups excluding carboxylic acids is 2. The fourth-order valence-corrected chi connectivity index (χ4v) is 4.30. The molecule has 1 heterocycles. The molecule has 1 aromatic heterocycles. The van der Waals surface area contributed by atoms with Gasteiger partial charge in [0, 0.05) is 41.7 Å². The number of hydrogen-bond acceptors (Lipinski definition) is 3. The molecule has 0 unspecified atom stereocenters. The Bertz CT molecular complexity index is 869. The van der Waals surface area contributed by atoms with Gasteiger partial charge in [0.05, 0.1) is 0 Å². The third-order valence-electron chi connectivity index (χ3n) is 5.49. The first kappa shape index (κ1) is 19.5. The minimum Gasteiger partial charge on any atom is -0.358 e. The van der Waals surface area contributed by atoms with E-state index in [4.69, 9.17) is 4.99 Å². The van der Waals surface area contributed by atoms with Crippen molar-refractivity contribution in [2.45, 2.75) is 59.8 Å². The molecular formula is C23H30N2O2. The fraction of sp³-hybridized carbons (Fsp3) is 0.522. The number of aryl methyl sites for hydroxylation is 1. The second-order valence-corrected chi connectivity index (χ2v) is 8.53. The van der Waals surface area contributed by atoms with E-state index < -0.39 is 5.92 Å². The Morgan fingerprint density at radius 1 is 1.19 bits per heavy atom. The van der Waals surface area contributed by atoms with Crippen molar-refractivity contribution in [2.75, 3.05) is 6.54 Å². The van der Waals surface area contributed by atoms with Gasteiger partial charge in [-0.25, -0.2) is 0 Å². The van der Waals surface area contributed by atoms with Crippen LogP contribution in [0.15, 0.2) is 29.3 Å².